The first kappa shape index (κ1) is 9.66. The van der Waals surface area contributed by atoms with Gasteiger partial charge in [-0.05, 0) is 0 Å². The number of carbonyl (C=O) groups is 3. The van der Waals surface area contributed by atoms with E-state index in [1.54, 1.807) is 0 Å². The summed E-state index contributed by atoms with van der Waals surface area (Å²) in [6.45, 7) is 0.923. The van der Waals surface area contributed by atoms with Crippen molar-refractivity contribution in [3.8, 4) is 0 Å². The number of aliphatic hydroxyl groups excluding tert-OH is 1. The number of aliphatic hydroxyl groups is 1. The quantitative estimate of drug-likeness (QED) is 0.474. The normalized spacial score (nSPS) is 27.8. The molecular weight excluding hydrogens is 178 g/mol. The molecule has 1 heterocycles. The lowest BCUT2D eigenvalue weighted by Crippen LogP contribution is -2.42. The predicted molar refractivity (Wildman–Crippen MR) is 39.8 cm³/mol. The Hall–Kier alpha value is -1.43. The third-order valence-corrected chi connectivity index (χ3v) is 1.92. The molecule has 1 saturated heterocycles. The summed E-state index contributed by atoms with van der Waals surface area (Å²) in [6.07, 6.45) is -1.37. The summed E-state index contributed by atoms with van der Waals surface area (Å²) in [7, 11) is 0. The molecular formula is C7H9NO5. The first-order chi connectivity index (χ1) is 5.95. The topological polar surface area (TPSA) is 94.9 Å². The number of aliphatic carboxylic acids is 1. The third kappa shape index (κ3) is 1.52. The van der Waals surface area contributed by atoms with Gasteiger partial charge in [-0.3, -0.25) is 9.59 Å². The number of β-amino-alcohol motifs (C(OH)–C–C–N with tert-alkyl or cyclic N) is 1. The summed E-state index contributed by atoms with van der Waals surface area (Å²) >= 11 is 0. The molecule has 6 nitrogen and oxygen atoms in total. The minimum absolute atomic E-state index is 0.231. The Labute approximate surface area is 73.8 Å². The molecule has 1 amide bonds. The zero-order valence-electron chi connectivity index (χ0n) is 6.93. The van der Waals surface area contributed by atoms with E-state index in [9.17, 15) is 14.4 Å². The van der Waals surface area contributed by atoms with Crippen LogP contribution in [0, 0.1) is 0 Å². The van der Waals surface area contributed by atoms with E-state index in [0.717, 1.165) is 11.8 Å². The van der Waals surface area contributed by atoms with E-state index in [2.05, 4.69) is 0 Å². The van der Waals surface area contributed by atoms with E-state index in [1.165, 1.54) is 0 Å². The summed E-state index contributed by atoms with van der Waals surface area (Å²) in [4.78, 5) is 33.3. The molecule has 0 aromatic heterocycles. The first-order valence-electron chi connectivity index (χ1n) is 3.67. The fraction of sp³-hybridized carbons (Fsp3) is 0.571. The summed E-state index contributed by atoms with van der Waals surface area (Å²) in [5, 5.41) is 17.6. The summed E-state index contributed by atoms with van der Waals surface area (Å²) in [5.41, 5.74) is 0. The van der Waals surface area contributed by atoms with Crippen molar-refractivity contribution in [2.24, 2.45) is 0 Å². The van der Waals surface area contributed by atoms with Gasteiger partial charge in [-0.25, -0.2) is 4.79 Å². The van der Waals surface area contributed by atoms with Crippen LogP contribution in [0.2, 0.25) is 0 Å². The van der Waals surface area contributed by atoms with Gasteiger partial charge in [0, 0.05) is 6.92 Å². The fourth-order valence-corrected chi connectivity index (χ4v) is 1.28. The number of nitrogens with zero attached hydrogens (tertiary/aromatic N) is 1. The predicted octanol–water partition coefficient (Wildman–Crippen LogP) is -1.77. The number of likely N-dealkylation sites (tertiary alicyclic amines) is 1. The third-order valence-electron chi connectivity index (χ3n) is 1.92. The van der Waals surface area contributed by atoms with Crippen LogP contribution in [0.25, 0.3) is 0 Å². The van der Waals surface area contributed by atoms with Crippen molar-refractivity contribution >= 4 is 17.7 Å². The lowest BCUT2D eigenvalue weighted by molar-refractivity contribution is -0.150. The minimum atomic E-state index is -1.52. The Morgan fingerprint density at radius 3 is 2.38 bits per heavy atom. The molecule has 0 radical (unpaired) electrons. The van der Waals surface area contributed by atoms with Crippen LogP contribution >= 0.6 is 0 Å². The van der Waals surface area contributed by atoms with Crippen molar-refractivity contribution < 1.29 is 24.6 Å². The Morgan fingerprint density at radius 1 is 1.54 bits per heavy atom. The van der Waals surface area contributed by atoms with Gasteiger partial charge in [0.1, 0.15) is 6.10 Å². The van der Waals surface area contributed by atoms with Crippen LogP contribution in [0.4, 0.5) is 0 Å². The van der Waals surface area contributed by atoms with Crippen LogP contribution in [-0.2, 0) is 14.4 Å². The molecule has 0 aromatic carbocycles. The molecule has 1 aliphatic rings. The van der Waals surface area contributed by atoms with E-state index in [0.29, 0.717) is 0 Å². The molecule has 1 fully saturated rings. The van der Waals surface area contributed by atoms with Gasteiger partial charge >= 0.3 is 5.97 Å². The number of carboxylic acid groups (broad SMARTS) is 1. The van der Waals surface area contributed by atoms with Gasteiger partial charge in [-0.2, -0.15) is 0 Å². The number of hydrogen-bond donors (Lipinski definition) is 2. The zero-order valence-corrected chi connectivity index (χ0v) is 6.93. The van der Waals surface area contributed by atoms with Crippen molar-refractivity contribution in [2.45, 2.75) is 19.1 Å². The van der Waals surface area contributed by atoms with Crippen molar-refractivity contribution in [1.82, 2.24) is 4.90 Å². The highest BCUT2D eigenvalue weighted by molar-refractivity contribution is 6.09. The Morgan fingerprint density at radius 2 is 2.08 bits per heavy atom. The smallest absolute Gasteiger partial charge is 0.334 e. The molecule has 2 atom stereocenters. The maximum absolute atomic E-state index is 11.0. The Balaban J connectivity index is 2.93. The van der Waals surface area contributed by atoms with Crippen molar-refractivity contribution in [3.63, 3.8) is 0 Å². The lowest BCUT2D eigenvalue weighted by atomic mass is 10.2. The number of amides is 1. The average molecular weight is 187 g/mol. The second kappa shape index (κ2) is 3.14. The zero-order chi connectivity index (χ0) is 10.2. The van der Waals surface area contributed by atoms with Crippen molar-refractivity contribution in [2.75, 3.05) is 6.54 Å². The molecule has 0 saturated carbocycles. The van der Waals surface area contributed by atoms with Crippen LogP contribution in [-0.4, -0.2) is 51.5 Å². The monoisotopic (exact) mass is 187 g/mol. The number of hydrogen-bond acceptors (Lipinski definition) is 4. The molecule has 72 valence electrons. The maximum atomic E-state index is 11.0. The van der Waals surface area contributed by atoms with E-state index >= 15 is 0 Å². The van der Waals surface area contributed by atoms with Crippen molar-refractivity contribution in [1.29, 1.82) is 0 Å². The molecule has 1 aliphatic heterocycles. The van der Waals surface area contributed by atoms with Gasteiger partial charge in [-0.15, -0.1) is 0 Å². The van der Waals surface area contributed by atoms with Crippen LogP contribution in [0.15, 0.2) is 0 Å². The molecule has 0 aliphatic carbocycles. The maximum Gasteiger partial charge on any atom is 0.334 e. The van der Waals surface area contributed by atoms with E-state index < -0.39 is 29.8 Å². The van der Waals surface area contributed by atoms with Crippen LogP contribution in [0.5, 0.6) is 0 Å². The van der Waals surface area contributed by atoms with E-state index in [-0.39, 0.29) is 6.54 Å². The lowest BCUT2D eigenvalue weighted by Gasteiger charge is -2.16. The van der Waals surface area contributed by atoms with Crippen molar-refractivity contribution in [3.05, 3.63) is 0 Å². The minimum Gasteiger partial charge on any atom is -0.479 e. The fourth-order valence-electron chi connectivity index (χ4n) is 1.28. The van der Waals surface area contributed by atoms with Gasteiger partial charge in [0.05, 0.1) is 6.54 Å². The van der Waals surface area contributed by atoms with Gasteiger partial charge in [0.15, 0.2) is 11.8 Å². The SMILES string of the molecule is CC(=O)N1CC(O)C(=O)[C@H]1C(=O)O. The number of rotatable bonds is 1. The van der Waals surface area contributed by atoms with Gasteiger partial charge < -0.3 is 15.1 Å². The summed E-state index contributed by atoms with van der Waals surface area (Å²) in [6, 6.07) is -1.52. The average Bonchev–Trinajstić information content (AvgIpc) is 2.28. The molecule has 0 bridgehead atoms. The van der Waals surface area contributed by atoms with Gasteiger partial charge in [-0.1, -0.05) is 0 Å². The van der Waals surface area contributed by atoms with Crippen LogP contribution in [0.3, 0.4) is 0 Å². The molecule has 1 rings (SSSR count). The Kier molecular flexibility index (Phi) is 2.33. The number of Topliss-reactive ketones (excluding diaryl/α,β-unsaturated/α-hetero) is 1. The molecule has 6 heteroatoms. The standard InChI is InChI=1S/C7H9NO5/c1-3(9)8-2-4(10)6(11)5(8)7(12)13/h4-5,10H,2H2,1H3,(H,12,13)/t4?,5-/m0/s1. The molecule has 0 spiro atoms. The number of carboxylic acids is 1. The molecule has 0 aromatic rings. The molecule has 13 heavy (non-hydrogen) atoms. The van der Waals surface area contributed by atoms with E-state index in [4.69, 9.17) is 10.2 Å². The van der Waals surface area contributed by atoms with Gasteiger partial charge in [0.25, 0.3) is 0 Å². The highest BCUT2D eigenvalue weighted by Crippen LogP contribution is 2.14. The van der Waals surface area contributed by atoms with Crippen LogP contribution < -0.4 is 0 Å². The second-order valence-corrected chi connectivity index (χ2v) is 2.83. The van der Waals surface area contributed by atoms with Gasteiger partial charge in [0.2, 0.25) is 5.91 Å². The largest absolute Gasteiger partial charge is 0.479 e. The first-order valence-corrected chi connectivity index (χ1v) is 3.67. The summed E-state index contributed by atoms with van der Waals surface area (Å²) < 4.78 is 0. The highest BCUT2D eigenvalue weighted by Gasteiger charge is 2.45. The molecule has 1 unspecified atom stereocenters. The number of carbonyl (C=O) groups excluding carboxylic acids is 2. The summed E-state index contributed by atoms with van der Waals surface area (Å²) in [5.74, 6) is -2.77. The Bertz CT molecular complexity index is 274. The van der Waals surface area contributed by atoms with Crippen LogP contribution in [0.1, 0.15) is 6.92 Å². The molecule has 2 N–H and O–H groups in total. The highest BCUT2D eigenvalue weighted by atomic mass is 16.4. The van der Waals surface area contributed by atoms with E-state index in [1.807, 2.05) is 0 Å². The second-order valence-electron chi connectivity index (χ2n) is 2.83. The number of ketones is 1.